The van der Waals surface area contributed by atoms with Crippen LogP contribution in [0.15, 0.2) is 36.4 Å². The number of unbranched alkanes of at least 4 members (excludes halogenated alkanes) is 5. The summed E-state index contributed by atoms with van der Waals surface area (Å²) >= 11 is 0. The molecule has 0 spiro atoms. The van der Waals surface area contributed by atoms with Crippen LogP contribution in [0.5, 0.6) is 5.75 Å². The number of hydrogen-bond acceptors (Lipinski definition) is 4. The van der Waals surface area contributed by atoms with Crippen LogP contribution in [0.25, 0.3) is 10.8 Å². The molecule has 1 atom stereocenters. The first-order chi connectivity index (χ1) is 13.1. The Morgan fingerprint density at radius 2 is 1.71 bits per heavy atom. The Morgan fingerprint density at radius 3 is 2.39 bits per heavy atom. The van der Waals surface area contributed by atoms with Crippen molar-refractivity contribution in [2.45, 2.75) is 70.8 Å². The zero-order valence-corrected chi connectivity index (χ0v) is 19.3. The summed E-state index contributed by atoms with van der Waals surface area (Å²) in [5.41, 5.74) is 0.847. The maximum absolute atomic E-state index is 10.7. The second kappa shape index (κ2) is 14.0. The summed E-state index contributed by atoms with van der Waals surface area (Å²) < 4.78 is 6.01. The fourth-order valence-electron chi connectivity index (χ4n) is 3.27. The normalized spacial score (nSPS) is 11.8. The maximum atomic E-state index is 10.7. The van der Waals surface area contributed by atoms with Gasteiger partial charge in [-0.2, -0.15) is 0 Å². The van der Waals surface area contributed by atoms with E-state index in [1.54, 1.807) is 0 Å². The molecule has 4 nitrogen and oxygen atoms in total. The number of carbonyl (C=O) groups excluding carboxylic acids is 1. The summed E-state index contributed by atoms with van der Waals surface area (Å²) in [6.45, 7) is 2.83. The predicted molar refractivity (Wildman–Crippen MR) is 107 cm³/mol. The molecule has 0 aliphatic rings. The third kappa shape index (κ3) is 8.52. The molecule has 0 saturated heterocycles. The predicted octanol–water partition coefficient (Wildman–Crippen LogP) is 1.54. The molecule has 2 rings (SSSR count). The summed E-state index contributed by atoms with van der Waals surface area (Å²) in [6.07, 6.45) is 6.73. The molecule has 0 heterocycles. The van der Waals surface area contributed by atoms with Gasteiger partial charge in [-0.25, -0.2) is 0 Å². The van der Waals surface area contributed by atoms with Crippen LogP contribution in [0.4, 0.5) is 0 Å². The van der Waals surface area contributed by atoms with E-state index in [-0.39, 0.29) is 36.0 Å². The number of fused-ring (bicyclic) bond motifs is 1. The molecule has 0 amide bonds. The summed E-state index contributed by atoms with van der Waals surface area (Å²) in [5.74, 6) is -0.217. The van der Waals surface area contributed by atoms with Crippen molar-refractivity contribution in [3.05, 3.63) is 42.0 Å². The number of carboxylic acid groups (broad SMARTS) is 1. The standard InChI is InChI=1S/C23H32O4.Na/c1-2-3-10-15-27-22-17-19-12-9-8-11-18(19)16-20(22)21(24)13-6-4-5-7-14-23(25)26;/h8-9,11-12,16-17,21,24H,2-7,10,13-15H2,1H3,(H,25,26);/q;+1/p-1. The average molecular weight is 394 g/mol. The van der Waals surface area contributed by atoms with Gasteiger partial charge in [0, 0.05) is 11.5 Å². The van der Waals surface area contributed by atoms with Crippen molar-refractivity contribution >= 4 is 16.7 Å². The number of carbonyl (C=O) groups is 1. The summed E-state index contributed by atoms with van der Waals surface area (Å²) in [7, 11) is 0. The van der Waals surface area contributed by atoms with E-state index in [0.29, 0.717) is 19.4 Å². The Kier molecular flexibility index (Phi) is 12.5. The number of rotatable bonds is 13. The van der Waals surface area contributed by atoms with Crippen molar-refractivity contribution in [2.24, 2.45) is 0 Å². The van der Waals surface area contributed by atoms with E-state index in [0.717, 1.165) is 60.6 Å². The average Bonchev–Trinajstić information content (AvgIpc) is 2.67. The third-order valence-corrected chi connectivity index (χ3v) is 4.85. The first kappa shape index (κ1) is 25.0. The molecule has 0 radical (unpaired) electrons. The quantitative estimate of drug-likeness (QED) is 0.413. The monoisotopic (exact) mass is 394 g/mol. The van der Waals surface area contributed by atoms with Crippen LogP contribution >= 0.6 is 0 Å². The maximum Gasteiger partial charge on any atom is 1.00 e. The van der Waals surface area contributed by atoms with E-state index in [1.165, 1.54) is 0 Å². The molecule has 0 bridgehead atoms. The second-order valence-corrected chi connectivity index (χ2v) is 7.13. The first-order valence-electron chi connectivity index (χ1n) is 10.1. The second-order valence-electron chi connectivity index (χ2n) is 7.13. The molecule has 0 fully saturated rings. The minimum atomic E-state index is -0.990. The van der Waals surface area contributed by atoms with Gasteiger partial charge < -0.3 is 19.7 Å². The molecule has 2 aromatic carbocycles. The minimum absolute atomic E-state index is 0. The number of aliphatic hydroxyl groups excluding tert-OH is 1. The Morgan fingerprint density at radius 1 is 1.04 bits per heavy atom. The fraction of sp³-hybridized carbons (Fsp3) is 0.522. The Hall–Kier alpha value is -1.07. The largest absolute Gasteiger partial charge is 1.00 e. The zero-order valence-electron chi connectivity index (χ0n) is 17.3. The first-order valence-corrected chi connectivity index (χ1v) is 10.1. The number of aliphatic carboxylic acids is 1. The minimum Gasteiger partial charge on any atom is -0.550 e. The molecule has 148 valence electrons. The van der Waals surface area contributed by atoms with E-state index in [1.807, 2.05) is 30.3 Å². The molecule has 5 heteroatoms. The van der Waals surface area contributed by atoms with E-state index in [4.69, 9.17) is 4.74 Å². The summed E-state index contributed by atoms with van der Waals surface area (Å²) in [6, 6.07) is 12.2. The molecule has 0 aliphatic heterocycles. The van der Waals surface area contributed by atoms with Crippen molar-refractivity contribution in [2.75, 3.05) is 6.61 Å². The van der Waals surface area contributed by atoms with Crippen molar-refractivity contribution in [3.8, 4) is 5.75 Å². The van der Waals surface area contributed by atoms with Crippen LogP contribution in [-0.4, -0.2) is 17.7 Å². The van der Waals surface area contributed by atoms with Crippen LogP contribution in [0, 0.1) is 0 Å². The Labute approximate surface area is 190 Å². The van der Waals surface area contributed by atoms with Crippen LogP contribution in [-0.2, 0) is 4.79 Å². The van der Waals surface area contributed by atoms with Gasteiger partial charge in [-0.05, 0) is 48.6 Å². The van der Waals surface area contributed by atoms with Gasteiger partial charge in [-0.15, -0.1) is 0 Å². The molecule has 28 heavy (non-hydrogen) atoms. The number of aliphatic hydroxyl groups is 1. The van der Waals surface area contributed by atoms with Gasteiger partial charge in [0.2, 0.25) is 0 Å². The van der Waals surface area contributed by atoms with E-state index in [9.17, 15) is 15.0 Å². The molecule has 0 saturated carbocycles. The zero-order chi connectivity index (χ0) is 19.5. The van der Waals surface area contributed by atoms with Gasteiger partial charge in [0.15, 0.2) is 0 Å². The molecule has 2 aromatic rings. The Bertz CT molecular complexity index is 717. The summed E-state index contributed by atoms with van der Waals surface area (Å²) in [5, 5.41) is 23.4. The molecule has 0 aliphatic carbocycles. The molecular formula is C23H31NaO4. The molecular weight excluding hydrogens is 363 g/mol. The van der Waals surface area contributed by atoms with E-state index < -0.39 is 12.1 Å². The fourth-order valence-corrected chi connectivity index (χ4v) is 3.27. The van der Waals surface area contributed by atoms with E-state index in [2.05, 4.69) is 13.0 Å². The van der Waals surface area contributed by atoms with Crippen molar-refractivity contribution < 1.29 is 49.3 Å². The van der Waals surface area contributed by atoms with Crippen LogP contribution in [0.1, 0.15) is 76.4 Å². The number of benzene rings is 2. The van der Waals surface area contributed by atoms with Gasteiger partial charge >= 0.3 is 29.6 Å². The van der Waals surface area contributed by atoms with Gasteiger partial charge in [-0.1, -0.05) is 63.3 Å². The topological polar surface area (TPSA) is 69.6 Å². The van der Waals surface area contributed by atoms with Crippen LogP contribution in [0.2, 0.25) is 0 Å². The Balaban J connectivity index is 0.00000392. The SMILES string of the molecule is CCCCCOc1cc2ccccc2cc1C(O)CCCCCCC(=O)[O-].[Na+]. The van der Waals surface area contributed by atoms with Gasteiger partial charge in [0.05, 0.1) is 12.7 Å². The third-order valence-electron chi connectivity index (χ3n) is 4.85. The number of ether oxygens (including phenoxy) is 1. The molecule has 1 N–H and O–H groups in total. The smallest absolute Gasteiger partial charge is 0.550 e. The van der Waals surface area contributed by atoms with Gasteiger partial charge in [0.1, 0.15) is 5.75 Å². The van der Waals surface area contributed by atoms with Crippen molar-refractivity contribution in [3.63, 3.8) is 0 Å². The summed E-state index contributed by atoms with van der Waals surface area (Å²) in [4.78, 5) is 10.4. The molecule has 0 aromatic heterocycles. The number of hydrogen-bond donors (Lipinski definition) is 1. The van der Waals surface area contributed by atoms with Gasteiger partial charge in [-0.3, -0.25) is 0 Å². The van der Waals surface area contributed by atoms with Gasteiger partial charge in [0.25, 0.3) is 0 Å². The molecule has 1 unspecified atom stereocenters. The number of carboxylic acids is 1. The van der Waals surface area contributed by atoms with Crippen LogP contribution in [0.3, 0.4) is 0 Å². The van der Waals surface area contributed by atoms with Crippen molar-refractivity contribution in [1.82, 2.24) is 0 Å². The van der Waals surface area contributed by atoms with E-state index >= 15 is 0 Å². The van der Waals surface area contributed by atoms with Crippen LogP contribution < -0.4 is 39.4 Å². The van der Waals surface area contributed by atoms with Crippen molar-refractivity contribution in [1.29, 1.82) is 0 Å².